The van der Waals surface area contributed by atoms with Crippen LogP contribution in [0.25, 0.3) is 5.69 Å². The average molecular weight is 432 g/mol. The van der Waals surface area contributed by atoms with E-state index >= 15 is 0 Å². The molecule has 0 aliphatic carbocycles. The van der Waals surface area contributed by atoms with Crippen LogP contribution in [0.2, 0.25) is 0 Å². The van der Waals surface area contributed by atoms with Crippen LogP contribution in [0, 0.1) is 0 Å². The van der Waals surface area contributed by atoms with Gasteiger partial charge < -0.3 is 10.6 Å². The van der Waals surface area contributed by atoms with E-state index in [9.17, 15) is 18.0 Å². The Kier molecular flexibility index (Phi) is 8.06. The van der Waals surface area contributed by atoms with Crippen molar-refractivity contribution in [1.82, 2.24) is 25.3 Å². The van der Waals surface area contributed by atoms with Crippen LogP contribution in [0.4, 0.5) is 13.2 Å². The Balaban J connectivity index is 0.00000300. The number of nitrogens with one attached hydrogen (secondary N) is 2. The Labute approximate surface area is 173 Å². The van der Waals surface area contributed by atoms with Crippen LogP contribution in [0.15, 0.2) is 36.5 Å². The van der Waals surface area contributed by atoms with Gasteiger partial charge in [-0.3, -0.25) is 9.69 Å². The lowest BCUT2D eigenvalue weighted by atomic mass is 10.1. The summed E-state index contributed by atoms with van der Waals surface area (Å²) in [4.78, 5) is 14.0. The minimum atomic E-state index is -4.41. The van der Waals surface area contributed by atoms with Gasteiger partial charge in [0.15, 0.2) is 0 Å². The molecule has 29 heavy (non-hydrogen) atoms. The van der Waals surface area contributed by atoms with Gasteiger partial charge in [-0.15, -0.1) is 12.4 Å². The third-order valence-corrected chi connectivity index (χ3v) is 4.88. The molecule has 1 aromatic carbocycles. The van der Waals surface area contributed by atoms with Crippen molar-refractivity contribution in [1.29, 1.82) is 0 Å². The number of hydrogen-bond donors (Lipinski definition) is 2. The molecule has 1 aliphatic heterocycles. The summed E-state index contributed by atoms with van der Waals surface area (Å²) in [5.74, 6) is -0.539. The fraction of sp³-hybridized carbons (Fsp3) is 0.474. The summed E-state index contributed by atoms with van der Waals surface area (Å²) in [5, 5.41) is 9.76. The Morgan fingerprint density at radius 2 is 1.90 bits per heavy atom. The van der Waals surface area contributed by atoms with Crippen molar-refractivity contribution in [3.05, 3.63) is 47.8 Å². The predicted molar refractivity (Wildman–Crippen MR) is 107 cm³/mol. The second-order valence-electron chi connectivity index (χ2n) is 6.66. The van der Waals surface area contributed by atoms with Crippen molar-refractivity contribution in [2.24, 2.45) is 0 Å². The number of carbonyl (C=O) groups excluding carboxylic acids is 1. The van der Waals surface area contributed by atoms with E-state index in [1.54, 1.807) is 4.68 Å². The highest BCUT2D eigenvalue weighted by Crippen LogP contribution is 2.25. The molecule has 2 aromatic rings. The van der Waals surface area contributed by atoms with Crippen molar-refractivity contribution in [2.45, 2.75) is 25.6 Å². The van der Waals surface area contributed by atoms with Crippen LogP contribution in [-0.4, -0.2) is 65.5 Å². The van der Waals surface area contributed by atoms with Gasteiger partial charge in [0.2, 0.25) is 0 Å². The van der Waals surface area contributed by atoms with Crippen LogP contribution < -0.4 is 10.6 Å². The number of para-hydroxylation sites is 1. The first-order valence-electron chi connectivity index (χ1n) is 9.33. The summed E-state index contributed by atoms with van der Waals surface area (Å²) in [6.07, 6.45) is -2.47. The highest BCUT2D eigenvalue weighted by atomic mass is 35.5. The number of amides is 1. The van der Waals surface area contributed by atoms with E-state index in [1.165, 1.54) is 11.1 Å². The van der Waals surface area contributed by atoms with Gasteiger partial charge in [-0.2, -0.15) is 18.3 Å². The third-order valence-electron chi connectivity index (χ3n) is 4.88. The van der Waals surface area contributed by atoms with Gasteiger partial charge in [-0.1, -0.05) is 25.1 Å². The molecule has 0 radical (unpaired) electrons. The van der Waals surface area contributed by atoms with Crippen LogP contribution in [0.3, 0.4) is 0 Å². The number of halogens is 4. The average Bonchev–Trinajstić information content (AvgIpc) is 3.12. The standard InChI is InChI=1S/C19H24F3N5O.ClH/c1-2-16-15(12-25-27(16)14-6-4-3-5-7-14)18(28)24-13-17(19(20,21)22)26-10-8-23-9-11-26;/h3-7,12,17,23H,2,8-11,13H2,1H3,(H,24,28);1H. The number of nitrogens with zero attached hydrogens (tertiary/aromatic N) is 3. The van der Waals surface area contributed by atoms with E-state index in [0.29, 0.717) is 43.9 Å². The first kappa shape index (κ1) is 23.2. The summed E-state index contributed by atoms with van der Waals surface area (Å²) in [5.41, 5.74) is 1.76. The lowest BCUT2D eigenvalue weighted by molar-refractivity contribution is -0.183. The predicted octanol–water partition coefficient (Wildman–Crippen LogP) is 2.42. The van der Waals surface area contributed by atoms with Gasteiger partial charge in [0.1, 0.15) is 6.04 Å². The zero-order valence-corrected chi connectivity index (χ0v) is 16.9. The van der Waals surface area contributed by atoms with Crippen LogP contribution >= 0.6 is 12.4 Å². The van der Waals surface area contributed by atoms with Gasteiger partial charge >= 0.3 is 6.18 Å². The smallest absolute Gasteiger partial charge is 0.350 e. The largest absolute Gasteiger partial charge is 0.405 e. The van der Waals surface area contributed by atoms with E-state index in [0.717, 1.165) is 5.69 Å². The molecule has 0 bridgehead atoms. The molecule has 10 heteroatoms. The van der Waals surface area contributed by atoms with Crippen molar-refractivity contribution in [3.63, 3.8) is 0 Å². The molecule has 2 N–H and O–H groups in total. The highest BCUT2D eigenvalue weighted by molar-refractivity contribution is 5.95. The van der Waals surface area contributed by atoms with E-state index in [4.69, 9.17) is 0 Å². The summed E-state index contributed by atoms with van der Waals surface area (Å²) in [6, 6.07) is 7.61. The van der Waals surface area contributed by atoms with Gasteiger partial charge in [0.05, 0.1) is 23.1 Å². The van der Waals surface area contributed by atoms with Crippen LogP contribution in [-0.2, 0) is 6.42 Å². The molecule has 1 amide bonds. The number of carbonyl (C=O) groups is 1. The van der Waals surface area contributed by atoms with Crippen molar-refractivity contribution < 1.29 is 18.0 Å². The second-order valence-corrected chi connectivity index (χ2v) is 6.66. The number of alkyl halides is 3. The monoisotopic (exact) mass is 431 g/mol. The molecule has 1 aliphatic rings. The molecule has 1 atom stereocenters. The first-order valence-corrected chi connectivity index (χ1v) is 9.33. The molecular formula is C19H25ClF3N5O. The third kappa shape index (κ3) is 5.49. The van der Waals surface area contributed by atoms with Crippen molar-refractivity contribution in [3.8, 4) is 5.69 Å². The summed E-state index contributed by atoms with van der Waals surface area (Å²) in [7, 11) is 0. The number of aromatic nitrogens is 2. The van der Waals surface area contributed by atoms with Crippen molar-refractivity contribution in [2.75, 3.05) is 32.7 Å². The van der Waals surface area contributed by atoms with E-state index in [2.05, 4.69) is 15.7 Å². The second kappa shape index (κ2) is 10.1. The maximum Gasteiger partial charge on any atom is 0.405 e. The molecule has 6 nitrogen and oxygen atoms in total. The first-order chi connectivity index (χ1) is 13.4. The number of rotatable bonds is 6. The number of hydrogen-bond acceptors (Lipinski definition) is 4. The molecule has 1 aromatic heterocycles. The fourth-order valence-electron chi connectivity index (χ4n) is 3.43. The summed E-state index contributed by atoms with van der Waals surface area (Å²) in [6.45, 7) is 3.00. The Morgan fingerprint density at radius 1 is 1.24 bits per heavy atom. The minimum Gasteiger partial charge on any atom is -0.350 e. The van der Waals surface area contributed by atoms with Gasteiger partial charge in [-0.25, -0.2) is 4.68 Å². The number of benzene rings is 1. The topological polar surface area (TPSA) is 62.2 Å². The summed E-state index contributed by atoms with van der Waals surface area (Å²) >= 11 is 0. The highest BCUT2D eigenvalue weighted by Gasteiger charge is 2.43. The normalized spacial score (nSPS) is 16.1. The van der Waals surface area contributed by atoms with E-state index < -0.39 is 24.7 Å². The maximum atomic E-state index is 13.5. The van der Waals surface area contributed by atoms with E-state index in [-0.39, 0.29) is 12.4 Å². The zero-order valence-electron chi connectivity index (χ0n) is 16.1. The zero-order chi connectivity index (χ0) is 20.1. The molecule has 1 fully saturated rings. The lowest BCUT2D eigenvalue weighted by Crippen LogP contribution is -2.57. The molecule has 160 valence electrons. The Morgan fingerprint density at radius 3 is 2.48 bits per heavy atom. The number of piperazine rings is 1. The minimum absolute atomic E-state index is 0. The molecule has 3 rings (SSSR count). The van der Waals surface area contributed by atoms with Crippen molar-refractivity contribution >= 4 is 18.3 Å². The molecule has 1 saturated heterocycles. The Bertz CT molecular complexity index is 791. The van der Waals surface area contributed by atoms with Gasteiger partial charge in [-0.05, 0) is 18.6 Å². The molecule has 2 heterocycles. The summed E-state index contributed by atoms with van der Waals surface area (Å²) < 4.78 is 42.1. The quantitative estimate of drug-likeness (QED) is 0.737. The molecule has 0 saturated carbocycles. The molecule has 0 spiro atoms. The molecule has 1 unspecified atom stereocenters. The fourth-order valence-corrected chi connectivity index (χ4v) is 3.43. The van der Waals surface area contributed by atoms with E-state index in [1.807, 2.05) is 37.3 Å². The van der Waals surface area contributed by atoms with Crippen LogP contribution in [0.1, 0.15) is 23.0 Å². The van der Waals surface area contributed by atoms with Gasteiger partial charge in [0, 0.05) is 32.7 Å². The molecular weight excluding hydrogens is 407 g/mol. The lowest BCUT2D eigenvalue weighted by Gasteiger charge is -2.35. The maximum absolute atomic E-state index is 13.5. The van der Waals surface area contributed by atoms with Crippen LogP contribution in [0.5, 0.6) is 0 Å². The SMILES string of the molecule is CCc1c(C(=O)NCC(N2CCNCC2)C(F)(F)F)cnn1-c1ccccc1.Cl. The van der Waals surface area contributed by atoms with Gasteiger partial charge in [0.25, 0.3) is 5.91 Å². The Hall–Kier alpha value is -2.10.